The van der Waals surface area contributed by atoms with Crippen LogP contribution in [0.3, 0.4) is 0 Å². The highest BCUT2D eigenvalue weighted by Gasteiger charge is 2.19. The zero-order valence-electron chi connectivity index (χ0n) is 16.0. The number of nitrogens with zero attached hydrogens (tertiary/aromatic N) is 2. The standard InChI is InChI=1S/C21H25Cl2N3O2/c1-2-28-21(27)20-5-3-4-16(25-20)14-24-13-15-8-10-26(11-9-15)17-6-7-18(22)19(23)12-17/h3-7,12,15,24H,2,8-11,13-14H2,1H3. The van der Waals surface area contributed by atoms with Crippen molar-refractivity contribution in [1.29, 1.82) is 0 Å². The first-order chi connectivity index (χ1) is 13.6. The van der Waals surface area contributed by atoms with E-state index < -0.39 is 0 Å². The molecule has 7 heteroatoms. The van der Waals surface area contributed by atoms with Gasteiger partial charge in [0.15, 0.2) is 0 Å². The highest BCUT2D eigenvalue weighted by molar-refractivity contribution is 6.42. The third-order valence-electron chi connectivity index (χ3n) is 4.91. The van der Waals surface area contributed by atoms with Gasteiger partial charge in [-0.15, -0.1) is 0 Å². The first kappa shape index (κ1) is 20.9. The lowest BCUT2D eigenvalue weighted by Crippen LogP contribution is -2.37. The van der Waals surface area contributed by atoms with Crippen LogP contribution in [0.4, 0.5) is 5.69 Å². The van der Waals surface area contributed by atoms with Crippen LogP contribution < -0.4 is 10.2 Å². The number of pyridine rings is 1. The van der Waals surface area contributed by atoms with E-state index in [9.17, 15) is 4.79 Å². The van der Waals surface area contributed by atoms with Crippen molar-refractivity contribution in [2.75, 3.05) is 31.1 Å². The molecular formula is C21H25Cl2N3O2. The number of benzene rings is 1. The van der Waals surface area contributed by atoms with Crippen LogP contribution in [-0.4, -0.2) is 37.2 Å². The normalized spacial score (nSPS) is 14.9. The van der Waals surface area contributed by atoms with E-state index in [0.717, 1.165) is 43.9 Å². The molecule has 0 bridgehead atoms. The van der Waals surface area contributed by atoms with Crippen LogP contribution in [0.5, 0.6) is 0 Å². The van der Waals surface area contributed by atoms with Crippen molar-refractivity contribution in [1.82, 2.24) is 10.3 Å². The second kappa shape index (κ2) is 10.1. The largest absolute Gasteiger partial charge is 0.461 e. The highest BCUT2D eigenvalue weighted by Crippen LogP contribution is 2.29. The molecule has 1 fully saturated rings. The first-order valence-electron chi connectivity index (χ1n) is 9.60. The molecule has 0 atom stereocenters. The molecule has 0 unspecified atom stereocenters. The zero-order chi connectivity index (χ0) is 19.9. The second-order valence-corrected chi connectivity index (χ2v) is 7.71. The van der Waals surface area contributed by atoms with Gasteiger partial charge in [-0.2, -0.15) is 0 Å². The molecule has 1 aromatic carbocycles. The summed E-state index contributed by atoms with van der Waals surface area (Å²) in [5, 5.41) is 4.65. The van der Waals surface area contributed by atoms with E-state index in [1.165, 1.54) is 0 Å². The molecule has 0 spiro atoms. The Morgan fingerprint density at radius 2 is 2.00 bits per heavy atom. The molecule has 1 aliphatic rings. The number of hydrogen-bond donors (Lipinski definition) is 1. The average Bonchev–Trinajstić information content (AvgIpc) is 2.71. The first-order valence-corrected chi connectivity index (χ1v) is 10.4. The van der Waals surface area contributed by atoms with E-state index in [1.54, 1.807) is 13.0 Å². The molecule has 1 saturated heterocycles. The van der Waals surface area contributed by atoms with E-state index >= 15 is 0 Å². The molecule has 28 heavy (non-hydrogen) atoms. The van der Waals surface area contributed by atoms with Gasteiger partial charge in [-0.05, 0) is 62.6 Å². The summed E-state index contributed by atoms with van der Waals surface area (Å²) in [5.41, 5.74) is 2.33. The minimum absolute atomic E-state index is 0.351. The van der Waals surface area contributed by atoms with E-state index in [1.807, 2.05) is 30.3 Å². The number of nitrogens with one attached hydrogen (secondary N) is 1. The van der Waals surface area contributed by atoms with Gasteiger partial charge in [-0.3, -0.25) is 0 Å². The molecule has 5 nitrogen and oxygen atoms in total. The number of carbonyl (C=O) groups is 1. The molecule has 3 rings (SSSR count). The van der Waals surface area contributed by atoms with Crippen LogP contribution in [0.2, 0.25) is 10.0 Å². The van der Waals surface area contributed by atoms with Crippen LogP contribution in [0.25, 0.3) is 0 Å². The Morgan fingerprint density at radius 3 is 2.71 bits per heavy atom. The summed E-state index contributed by atoms with van der Waals surface area (Å²) in [4.78, 5) is 18.5. The van der Waals surface area contributed by atoms with Gasteiger partial charge in [0.1, 0.15) is 5.69 Å². The third kappa shape index (κ3) is 5.60. The van der Waals surface area contributed by atoms with Gasteiger partial charge in [0.25, 0.3) is 0 Å². The van der Waals surface area contributed by atoms with E-state index in [0.29, 0.717) is 34.8 Å². The molecule has 0 saturated carbocycles. The van der Waals surface area contributed by atoms with Crippen LogP contribution >= 0.6 is 23.2 Å². The van der Waals surface area contributed by atoms with E-state index in [4.69, 9.17) is 27.9 Å². The van der Waals surface area contributed by atoms with Gasteiger partial charge in [-0.25, -0.2) is 9.78 Å². The number of aromatic nitrogens is 1. The van der Waals surface area contributed by atoms with Crippen molar-refractivity contribution >= 4 is 34.9 Å². The van der Waals surface area contributed by atoms with Crippen LogP contribution in [0, 0.1) is 5.92 Å². The van der Waals surface area contributed by atoms with E-state index in [-0.39, 0.29) is 5.97 Å². The Kier molecular flexibility index (Phi) is 7.54. The second-order valence-electron chi connectivity index (χ2n) is 6.89. The van der Waals surface area contributed by atoms with Crippen molar-refractivity contribution in [2.45, 2.75) is 26.3 Å². The Morgan fingerprint density at radius 1 is 1.21 bits per heavy atom. The lowest BCUT2D eigenvalue weighted by molar-refractivity contribution is 0.0519. The summed E-state index contributed by atoms with van der Waals surface area (Å²) in [6.07, 6.45) is 2.23. The smallest absolute Gasteiger partial charge is 0.356 e. The number of anilines is 1. The fourth-order valence-electron chi connectivity index (χ4n) is 3.38. The van der Waals surface area contributed by atoms with Crippen molar-refractivity contribution in [2.24, 2.45) is 5.92 Å². The molecule has 0 aliphatic carbocycles. The lowest BCUT2D eigenvalue weighted by Gasteiger charge is -2.34. The fourth-order valence-corrected chi connectivity index (χ4v) is 3.67. The van der Waals surface area contributed by atoms with Gasteiger partial charge >= 0.3 is 5.97 Å². The maximum atomic E-state index is 11.8. The summed E-state index contributed by atoms with van der Waals surface area (Å²) in [6.45, 7) is 5.71. The Labute approximate surface area is 176 Å². The fraction of sp³-hybridized carbons (Fsp3) is 0.429. The molecule has 2 aromatic rings. The highest BCUT2D eigenvalue weighted by atomic mass is 35.5. The number of hydrogen-bond acceptors (Lipinski definition) is 5. The summed E-state index contributed by atoms with van der Waals surface area (Å²) >= 11 is 12.1. The van der Waals surface area contributed by atoms with Gasteiger partial charge in [0, 0.05) is 25.3 Å². The number of carbonyl (C=O) groups excluding carboxylic acids is 1. The summed E-state index contributed by atoms with van der Waals surface area (Å²) < 4.78 is 5.00. The predicted octanol–water partition coefficient (Wildman–Crippen LogP) is 4.57. The molecule has 0 amide bonds. The Hall–Kier alpha value is -1.82. The molecule has 1 aliphatic heterocycles. The number of piperidine rings is 1. The maximum Gasteiger partial charge on any atom is 0.356 e. The molecule has 1 aromatic heterocycles. The van der Waals surface area contributed by atoms with Crippen molar-refractivity contribution < 1.29 is 9.53 Å². The van der Waals surface area contributed by atoms with Gasteiger partial charge in [-0.1, -0.05) is 29.3 Å². The summed E-state index contributed by atoms with van der Waals surface area (Å²) in [7, 11) is 0. The van der Waals surface area contributed by atoms with Gasteiger partial charge in [0.2, 0.25) is 0 Å². The molecule has 150 valence electrons. The zero-order valence-corrected chi connectivity index (χ0v) is 17.5. The van der Waals surface area contributed by atoms with Crippen LogP contribution in [0.15, 0.2) is 36.4 Å². The molecular weight excluding hydrogens is 397 g/mol. The third-order valence-corrected chi connectivity index (χ3v) is 5.65. The number of ether oxygens (including phenoxy) is 1. The van der Waals surface area contributed by atoms with Gasteiger partial charge < -0.3 is 15.0 Å². The molecule has 2 heterocycles. The predicted molar refractivity (Wildman–Crippen MR) is 113 cm³/mol. The minimum Gasteiger partial charge on any atom is -0.461 e. The minimum atomic E-state index is -0.376. The van der Waals surface area contributed by atoms with Crippen molar-refractivity contribution in [3.05, 3.63) is 57.8 Å². The SMILES string of the molecule is CCOC(=O)c1cccc(CNCC2CCN(c3ccc(Cl)c(Cl)c3)CC2)n1. The Bertz CT molecular complexity index is 808. The monoisotopic (exact) mass is 421 g/mol. The van der Waals surface area contributed by atoms with Crippen molar-refractivity contribution in [3.8, 4) is 0 Å². The molecule has 0 radical (unpaired) electrons. The Balaban J connectivity index is 1.44. The molecule has 1 N–H and O–H groups in total. The number of esters is 1. The quantitative estimate of drug-likeness (QED) is 0.663. The lowest BCUT2D eigenvalue weighted by atomic mass is 9.96. The average molecular weight is 422 g/mol. The van der Waals surface area contributed by atoms with Gasteiger partial charge in [0.05, 0.1) is 22.3 Å². The topological polar surface area (TPSA) is 54.5 Å². The maximum absolute atomic E-state index is 11.8. The number of rotatable bonds is 7. The summed E-state index contributed by atoms with van der Waals surface area (Å²) in [6, 6.07) is 11.2. The van der Waals surface area contributed by atoms with Crippen molar-refractivity contribution in [3.63, 3.8) is 0 Å². The number of halogens is 2. The van der Waals surface area contributed by atoms with Crippen LogP contribution in [0.1, 0.15) is 35.9 Å². The summed E-state index contributed by atoms with van der Waals surface area (Å²) in [5.74, 6) is 0.242. The van der Waals surface area contributed by atoms with Crippen LogP contribution in [-0.2, 0) is 11.3 Å². The van der Waals surface area contributed by atoms with E-state index in [2.05, 4.69) is 15.2 Å².